The summed E-state index contributed by atoms with van der Waals surface area (Å²) in [5.74, 6) is 1.75. The third-order valence-electron chi connectivity index (χ3n) is 11.7. The van der Waals surface area contributed by atoms with E-state index >= 15 is 0 Å². The number of thiophene rings is 1. The summed E-state index contributed by atoms with van der Waals surface area (Å²) in [6.45, 7) is 0. The molecule has 13 rings (SSSR count). The van der Waals surface area contributed by atoms with Crippen LogP contribution in [-0.4, -0.2) is 15.0 Å². The van der Waals surface area contributed by atoms with Crippen LogP contribution in [0.4, 0.5) is 0 Å². The summed E-state index contributed by atoms with van der Waals surface area (Å²) in [5.41, 5.74) is 8.21. The maximum absolute atomic E-state index is 6.54. The smallest absolute Gasteiger partial charge is 0.164 e. The summed E-state index contributed by atoms with van der Waals surface area (Å²) in [4.78, 5) is 15.8. The van der Waals surface area contributed by atoms with Gasteiger partial charge in [0, 0.05) is 58.4 Å². The molecule has 0 aliphatic rings. The molecule has 4 aromatic heterocycles. The Labute approximate surface area is 340 Å². The highest BCUT2D eigenvalue weighted by Gasteiger charge is 2.20. The van der Waals surface area contributed by atoms with Crippen molar-refractivity contribution in [2.45, 2.75) is 0 Å². The van der Waals surface area contributed by atoms with Gasteiger partial charge in [-0.05, 0) is 99.4 Å². The molecule has 0 spiro atoms. The maximum atomic E-state index is 6.54. The van der Waals surface area contributed by atoms with Crippen molar-refractivity contribution < 1.29 is 8.83 Å². The molecule has 59 heavy (non-hydrogen) atoms. The highest BCUT2D eigenvalue weighted by molar-refractivity contribution is 7.25. The van der Waals surface area contributed by atoms with E-state index in [1.54, 1.807) is 0 Å². The van der Waals surface area contributed by atoms with E-state index in [0.717, 1.165) is 82.5 Å². The van der Waals surface area contributed by atoms with Crippen molar-refractivity contribution in [3.8, 4) is 45.3 Å². The second kappa shape index (κ2) is 12.4. The Balaban J connectivity index is 1.03. The van der Waals surface area contributed by atoms with Crippen molar-refractivity contribution in [1.82, 2.24) is 15.0 Å². The van der Waals surface area contributed by atoms with Crippen LogP contribution in [0.3, 0.4) is 0 Å². The topological polar surface area (TPSA) is 65.0 Å². The molecule has 0 amide bonds. The SMILES string of the molecule is c1ccc2c(c1)ccc1ccc(-c3nc(-c4ccc5oc6ccccc6c5c4)nc(-c4cccc5oc6ccc(-c7ccc8sc9ccccc9c8c7)cc6c45)n3)cc12. The number of fused-ring (bicyclic) bond motifs is 12. The number of furan rings is 2. The van der Waals surface area contributed by atoms with Crippen molar-refractivity contribution in [1.29, 1.82) is 0 Å². The van der Waals surface area contributed by atoms with E-state index in [1.807, 2.05) is 53.8 Å². The first kappa shape index (κ1) is 32.4. The fourth-order valence-corrected chi connectivity index (χ4v) is 9.95. The number of aromatic nitrogens is 3. The predicted molar refractivity (Wildman–Crippen MR) is 244 cm³/mol. The fraction of sp³-hybridized carbons (Fsp3) is 0. The van der Waals surface area contributed by atoms with Gasteiger partial charge in [-0.3, -0.25) is 0 Å². The molecule has 0 aliphatic heterocycles. The van der Waals surface area contributed by atoms with Crippen LogP contribution in [0.2, 0.25) is 0 Å². The number of hydrogen-bond acceptors (Lipinski definition) is 6. The van der Waals surface area contributed by atoms with E-state index in [2.05, 4.69) is 133 Å². The van der Waals surface area contributed by atoms with Crippen LogP contribution < -0.4 is 0 Å². The van der Waals surface area contributed by atoms with Crippen molar-refractivity contribution in [2.75, 3.05) is 0 Å². The summed E-state index contributed by atoms with van der Waals surface area (Å²) in [5, 5.41) is 11.3. The molecule has 0 atom stereocenters. The summed E-state index contributed by atoms with van der Waals surface area (Å²) in [7, 11) is 0. The van der Waals surface area contributed by atoms with Gasteiger partial charge < -0.3 is 8.83 Å². The Kier molecular flexibility index (Phi) is 6.82. The largest absolute Gasteiger partial charge is 0.456 e. The first-order chi connectivity index (χ1) is 29.2. The lowest BCUT2D eigenvalue weighted by atomic mass is 9.99. The number of para-hydroxylation sites is 1. The minimum Gasteiger partial charge on any atom is -0.456 e. The summed E-state index contributed by atoms with van der Waals surface area (Å²) in [6, 6.07) is 61.7. The quantitative estimate of drug-likeness (QED) is 0.167. The van der Waals surface area contributed by atoms with Crippen LogP contribution in [-0.2, 0) is 0 Å². The van der Waals surface area contributed by atoms with Gasteiger partial charge in [-0.1, -0.05) is 109 Å². The zero-order valence-corrected chi connectivity index (χ0v) is 32.1. The first-order valence-corrected chi connectivity index (χ1v) is 20.5. The van der Waals surface area contributed by atoms with Gasteiger partial charge in [0.15, 0.2) is 17.5 Å². The van der Waals surface area contributed by atoms with Crippen LogP contribution in [0.5, 0.6) is 0 Å². The molecule has 4 heterocycles. The Morgan fingerprint density at radius 2 is 0.864 bits per heavy atom. The molecule has 0 radical (unpaired) electrons. The van der Waals surface area contributed by atoms with Crippen molar-refractivity contribution >= 4 is 96.9 Å². The Morgan fingerprint density at radius 3 is 1.73 bits per heavy atom. The van der Waals surface area contributed by atoms with E-state index in [4.69, 9.17) is 23.8 Å². The monoisotopic (exact) mass is 771 g/mol. The Morgan fingerprint density at radius 1 is 0.322 bits per heavy atom. The van der Waals surface area contributed by atoms with E-state index in [0.29, 0.717) is 17.5 Å². The third-order valence-corrected chi connectivity index (χ3v) is 12.9. The normalized spacial score (nSPS) is 12.1. The molecule has 0 saturated heterocycles. The lowest BCUT2D eigenvalue weighted by molar-refractivity contribution is 0.668. The lowest BCUT2D eigenvalue weighted by Gasteiger charge is -2.11. The molecule has 0 unspecified atom stereocenters. The zero-order valence-electron chi connectivity index (χ0n) is 31.3. The Hall–Kier alpha value is -7.67. The standard InChI is InChI=1S/C53H29N3O2S/c1-2-9-36-30(8-1)16-17-31-18-19-34(28-40(31)36)51-54-52(35-21-24-45-41(29-35)37-10-3-5-13-44(37)57-45)56-53(55-51)39-12-7-14-47-50(39)43-27-32(20-23-46(43)58-47)33-22-25-49-42(26-33)38-11-4-6-15-48(38)59-49/h1-29H. The van der Waals surface area contributed by atoms with Gasteiger partial charge in [0.1, 0.15) is 22.3 Å². The minimum atomic E-state index is 0.574. The van der Waals surface area contributed by atoms with Gasteiger partial charge in [0.25, 0.3) is 0 Å². The molecule has 6 heteroatoms. The van der Waals surface area contributed by atoms with Crippen molar-refractivity contribution in [3.63, 3.8) is 0 Å². The van der Waals surface area contributed by atoms with E-state index < -0.39 is 0 Å². The molecule has 0 fully saturated rings. The van der Waals surface area contributed by atoms with Crippen LogP contribution >= 0.6 is 11.3 Å². The molecular weight excluding hydrogens is 743 g/mol. The van der Waals surface area contributed by atoms with E-state index in [-0.39, 0.29) is 0 Å². The first-order valence-electron chi connectivity index (χ1n) is 19.7. The molecule has 0 saturated carbocycles. The van der Waals surface area contributed by atoms with E-state index in [9.17, 15) is 0 Å². The summed E-state index contributed by atoms with van der Waals surface area (Å²) < 4.78 is 15.3. The molecule has 9 aromatic carbocycles. The summed E-state index contributed by atoms with van der Waals surface area (Å²) >= 11 is 1.83. The average Bonchev–Trinajstić information content (AvgIpc) is 3.99. The third kappa shape index (κ3) is 5.07. The number of nitrogens with zero attached hydrogens (tertiary/aromatic N) is 3. The minimum absolute atomic E-state index is 0.574. The molecule has 0 N–H and O–H groups in total. The molecule has 13 aromatic rings. The van der Waals surface area contributed by atoms with Gasteiger partial charge >= 0.3 is 0 Å². The second-order valence-corrected chi connectivity index (χ2v) is 16.2. The molecule has 274 valence electrons. The van der Waals surface area contributed by atoms with Gasteiger partial charge in [-0.25, -0.2) is 15.0 Å². The van der Waals surface area contributed by atoms with Gasteiger partial charge in [0.2, 0.25) is 0 Å². The van der Waals surface area contributed by atoms with Crippen molar-refractivity contribution in [2.24, 2.45) is 0 Å². The number of rotatable bonds is 4. The molecule has 0 aliphatic carbocycles. The van der Waals surface area contributed by atoms with Crippen molar-refractivity contribution in [3.05, 3.63) is 176 Å². The molecular formula is C53H29N3O2S. The van der Waals surface area contributed by atoms with Gasteiger partial charge in [-0.15, -0.1) is 11.3 Å². The number of hydrogen-bond donors (Lipinski definition) is 0. The second-order valence-electron chi connectivity index (χ2n) is 15.1. The molecule has 0 bridgehead atoms. The van der Waals surface area contributed by atoms with Crippen LogP contribution in [0, 0.1) is 0 Å². The summed E-state index contributed by atoms with van der Waals surface area (Å²) in [6.07, 6.45) is 0. The van der Waals surface area contributed by atoms with Crippen LogP contribution in [0.1, 0.15) is 0 Å². The fourth-order valence-electron chi connectivity index (χ4n) is 8.86. The van der Waals surface area contributed by atoms with Gasteiger partial charge in [0.05, 0.1) is 0 Å². The van der Waals surface area contributed by atoms with Crippen LogP contribution in [0.25, 0.3) is 131 Å². The average molecular weight is 772 g/mol. The lowest BCUT2D eigenvalue weighted by Crippen LogP contribution is -2.00. The maximum Gasteiger partial charge on any atom is 0.164 e. The van der Waals surface area contributed by atoms with Gasteiger partial charge in [-0.2, -0.15) is 0 Å². The molecule has 5 nitrogen and oxygen atoms in total. The Bertz CT molecular complexity index is 3870. The highest BCUT2D eigenvalue weighted by atomic mass is 32.1. The zero-order chi connectivity index (χ0) is 38.6. The predicted octanol–water partition coefficient (Wildman–Crippen LogP) is 15.0. The van der Waals surface area contributed by atoms with E-state index in [1.165, 1.54) is 30.9 Å². The number of benzene rings is 9. The highest BCUT2D eigenvalue weighted by Crippen LogP contribution is 2.41. The van der Waals surface area contributed by atoms with Crippen LogP contribution in [0.15, 0.2) is 185 Å².